The van der Waals surface area contributed by atoms with Gasteiger partial charge >= 0.3 is 0 Å². The predicted molar refractivity (Wildman–Crippen MR) is 111 cm³/mol. The molecule has 1 aromatic heterocycles. The van der Waals surface area contributed by atoms with Crippen molar-refractivity contribution in [3.05, 3.63) is 65.3 Å². The Morgan fingerprint density at radius 1 is 1.21 bits per heavy atom. The maximum absolute atomic E-state index is 12.7. The van der Waals surface area contributed by atoms with Gasteiger partial charge < -0.3 is 14.7 Å². The lowest BCUT2D eigenvalue weighted by Gasteiger charge is -2.17. The second kappa shape index (κ2) is 7.12. The Labute approximate surface area is 169 Å². The van der Waals surface area contributed by atoms with Gasteiger partial charge in [-0.1, -0.05) is 35.5 Å². The monoisotopic (exact) mass is 388 g/mol. The van der Waals surface area contributed by atoms with Gasteiger partial charge in [0.05, 0.1) is 5.92 Å². The van der Waals surface area contributed by atoms with Crippen molar-refractivity contribution in [3.63, 3.8) is 0 Å². The van der Waals surface area contributed by atoms with Crippen LogP contribution in [0.1, 0.15) is 42.1 Å². The van der Waals surface area contributed by atoms with E-state index in [1.54, 1.807) is 0 Å². The van der Waals surface area contributed by atoms with Crippen LogP contribution < -0.4 is 10.2 Å². The maximum atomic E-state index is 12.7. The Balaban J connectivity index is 1.35. The van der Waals surface area contributed by atoms with Gasteiger partial charge in [-0.25, -0.2) is 0 Å². The Bertz CT molecular complexity index is 1070. The van der Waals surface area contributed by atoms with Crippen LogP contribution in [-0.4, -0.2) is 35.7 Å². The molecular weight excluding hydrogens is 364 g/mol. The van der Waals surface area contributed by atoms with Gasteiger partial charge in [0.25, 0.3) is 0 Å². The molecule has 5 rings (SSSR count). The molecule has 1 aliphatic carbocycles. The van der Waals surface area contributed by atoms with Crippen LogP contribution >= 0.6 is 0 Å². The summed E-state index contributed by atoms with van der Waals surface area (Å²) < 4.78 is 5.48. The first kappa shape index (κ1) is 18.1. The van der Waals surface area contributed by atoms with Gasteiger partial charge in [-0.15, -0.1) is 0 Å². The fourth-order valence-corrected chi connectivity index (χ4v) is 4.31. The highest BCUT2D eigenvalue weighted by Gasteiger charge is 2.35. The van der Waals surface area contributed by atoms with Gasteiger partial charge in [-0.2, -0.15) is 4.98 Å². The quantitative estimate of drug-likeness (QED) is 0.568. The highest BCUT2D eigenvalue weighted by molar-refractivity contribution is 5.97. The molecule has 0 spiro atoms. The van der Waals surface area contributed by atoms with E-state index >= 15 is 0 Å². The van der Waals surface area contributed by atoms with Crippen molar-refractivity contribution >= 4 is 11.6 Å². The molecule has 2 heterocycles. The Morgan fingerprint density at radius 3 is 2.90 bits per heavy atom. The number of carbonyl (C=O) groups is 1. The highest BCUT2D eigenvalue weighted by Crippen LogP contribution is 2.39. The van der Waals surface area contributed by atoms with E-state index < -0.39 is 0 Å². The molecule has 29 heavy (non-hydrogen) atoms. The van der Waals surface area contributed by atoms with Crippen LogP contribution in [0.3, 0.4) is 0 Å². The van der Waals surface area contributed by atoms with Crippen LogP contribution in [0.15, 0.2) is 47.0 Å². The second-order valence-electron chi connectivity index (χ2n) is 8.02. The minimum absolute atomic E-state index is 0.0564. The zero-order valence-electron chi connectivity index (χ0n) is 16.7. The number of benzene rings is 2. The number of hydrogen-bond donors (Lipinski definition) is 1. The molecule has 1 saturated heterocycles. The first-order chi connectivity index (χ1) is 14.1. The largest absolute Gasteiger partial charge is 0.339 e. The minimum atomic E-state index is -0.0564. The van der Waals surface area contributed by atoms with Crippen molar-refractivity contribution in [1.29, 1.82) is 0 Å². The number of hydrogen-bond acceptors (Lipinski definition) is 5. The van der Waals surface area contributed by atoms with Gasteiger partial charge in [-0.05, 0) is 54.8 Å². The number of nitrogens with one attached hydrogen (secondary N) is 1. The lowest BCUT2D eigenvalue weighted by atomic mass is 10.1. The first-order valence-corrected chi connectivity index (χ1v) is 10.1. The lowest BCUT2D eigenvalue weighted by molar-refractivity contribution is -0.117. The smallest absolute Gasteiger partial charge is 0.232 e. The maximum Gasteiger partial charge on any atom is 0.232 e. The number of likely N-dealkylation sites (N-methyl/N-ethyl adjacent to an activating group) is 1. The van der Waals surface area contributed by atoms with Gasteiger partial charge in [0.15, 0.2) is 5.82 Å². The van der Waals surface area contributed by atoms with Crippen LogP contribution in [0.2, 0.25) is 0 Å². The van der Waals surface area contributed by atoms with Crippen molar-refractivity contribution in [3.8, 4) is 11.1 Å². The first-order valence-electron chi connectivity index (χ1n) is 10.1. The Morgan fingerprint density at radius 2 is 2.03 bits per heavy atom. The third-order valence-corrected chi connectivity index (χ3v) is 6.03. The molecule has 1 aliphatic heterocycles. The summed E-state index contributed by atoms with van der Waals surface area (Å²) in [5, 5.41) is 7.26. The summed E-state index contributed by atoms with van der Waals surface area (Å²) in [6.07, 6.45) is 2.03. The molecule has 6 nitrogen and oxygen atoms in total. The molecule has 2 unspecified atom stereocenters. The summed E-state index contributed by atoms with van der Waals surface area (Å²) >= 11 is 0. The molecule has 1 amide bonds. The van der Waals surface area contributed by atoms with Gasteiger partial charge in [0, 0.05) is 31.1 Å². The number of nitrogens with zero attached hydrogens (tertiary/aromatic N) is 3. The fourth-order valence-electron chi connectivity index (χ4n) is 4.31. The van der Waals surface area contributed by atoms with Gasteiger partial charge in [0.2, 0.25) is 11.8 Å². The molecule has 1 N–H and O–H groups in total. The van der Waals surface area contributed by atoms with E-state index in [0.717, 1.165) is 12.1 Å². The molecule has 2 aromatic carbocycles. The fraction of sp³-hybridized carbons (Fsp3) is 0.348. The lowest BCUT2D eigenvalue weighted by Crippen LogP contribution is -2.24. The van der Waals surface area contributed by atoms with Crippen LogP contribution in [0.5, 0.6) is 0 Å². The predicted octanol–water partition coefficient (Wildman–Crippen LogP) is 3.31. The molecule has 1 fully saturated rings. The summed E-state index contributed by atoms with van der Waals surface area (Å²) in [6.45, 7) is 2.65. The van der Waals surface area contributed by atoms with Crippen molar-refractivity contribution in [2.24, 2.45) is 0 Å². The number of rotatable bonds is 5. The van der Waals surface area contributed by atoms with Crippen LogP contribution in [-0.2, 0) is 17.6 Å². The van der Waals surface area contributed by atoms with Crippen molar-refractivity contribution in [2.45, 2.75) is 38.1 Å². The van der Waals surface area contributed by atoms with Gasteiger partial charge in [-0.3, -0.25) is 4.79 Å². The van der Waals surface area contributed by atoms with Crippen LogP contribution in [0.25, 0.3) is 11.1 Å². The van der Waals surface area contributed by atoms with E-state index in [2.05, 4.69) is 64.8 Å². The standard InChI is InChI=1S/C23H24N4O2/c1-14(24-2)9-21-25-23(29-26-21)17-12-22(28)27(13-17)18-7-8-20-16(11-18)10-15-5-3-4-6-19(15)20/h3-8,11,14,17,24H,9-10,12-13H2,1-2H3. The molecule has 3 aromatic rings. The summed E-state index contributed by atoms with van der Waals surface area (Å²) in [4.78, 5) is 19.1. The molecule has 0 bridgehead atoms. The van der Waals surface area contributed by atoms with E-state index in [-0.39, 0.29) is 17.9 Å². The summed E-state index contributed by atoms with van der Waals surface area (Å²) in [5.74, 6) is 1.30. The van der Waals surface area contributed by atoms with E-state index in [9.17, 15) is 4.79 Å². The minimum Gasteiger partial charge on any atom is -0.339 e. The van der Waals surface area contributed by atoms with E-state index in [0.29, 0.717) is 31.1 Å². The third-order valence-electron chi connectivity index (χ3n) is 6.03. The summed E-state index contributed by atoms with van der Waals surface area (Å²) in [5.41, 5.74) is 6.15. The Hall–Kier alpha value is -2.99. The van der Waals surface area contributed by atoms with Crippen molar-refractivity contribution < 1.29 is 9.32 Å². The van der Waals surface area contributed by atoms with Crippen molar-refractivity contribution in [2.75, 3.05) is 18.5 Å². The number of amides is 1. The number of carbonyl (C=O) groups excluding carboxylic acids is 1. The molecule has 2 aliphatic rings. The third kappa shape index (κ3) is 3.23. The number of anilines is 1. The molecule has 0 radical (unpaired) electrons. The Kier molecular flexibility index (Phi) is 4.43. The second-order valence-corrected chi connectivity index (χ2v) is 8.02. The van der Waals surface area contributed by atoms with Crippen LogP contribution in [0.4, 0.5) is 5.69 Å². The normalized spacial score (nSPS) is 18.8. The zero-order valence-corrected chi connectivity index (χ0v) is 16.7. The molecule has 148 valence electrons. The van der Waals surface area contributed by atoms with Crippen molar-refractivity contribution in [1.82, 2.24) is 15.5 Å². The highest BCUT2D eigenvalue weighted by atomic mass is 16.5. The van der Waals surface area contributed by atoms with E-state index in [4.69, 9.17) is 4.52 Å². The van der Waals surface area contributed by atoms with E-state index in [1.165, 1.54) is 22.3 Å². The molecular formula is C23H24N4O2. The number of aromatic nitrogens is 2. The SMILES string of the molecule is CNC(C)Cc1noc(C2CC(=O)N(c3ccc4c(c3)Cc3ccccc3-4)C2)n1. The average Bonchev–Trinajstić information content (AvgIpc) is 3.43. The molecule has 6 heteroatoms. The van der Waals surface area contributed by atoms with Crippen LogP contribution in [0, 0.1) is 0 Å². The topological polar surface area (TPSA) is 71.3 Å². The van der Waals surface area contributed by atoms with E-state index in [1.807, 2.05) is 11.9 Å². The molecule has 0 saturated carbocycles. The summed E-state index contributed by atoms with van der Waals surface area (Å²) in [6, 6.07) is 15.1. The average molecular weight is 388 g/mol. The zero-order chi connectivity index (χ0) is 20.0. The summed E-state index contributed by atoms with van der Waals surface area (Å²) in [7, 11) is 1.91. The molecule has 2 atom stereocenters. The number of fused-ring (bicyclic) bond motifs is 3. The van der Waals surface area contributed by atoms with Gasteiger partial charge in [0.1, 0.15) is 0 Å².